The van der Waals surface area contributed by atoms with Crippen molar-refractivity contribution < 1.29 is 17.7 Å². The summed E-state index contributed by atoms with van der Waals surface area (Å²) in [6, 6.07) is 10.7. The van der Waals surface area contributed by atoms with Crippen molar-refractivity contribution in [3.8, 4) is 5.75 Å². The second-order valence-electron chi connectivity index (χ2n) is 8.48. The Bertz CT molecular complexity index is 1720. The molecular weight excluding hydrogens is 470 g/mol. The smallest absolute Gasteiger partial charge is 0.343 e. The molecule has 0 bridgehead atoms. The molecule has 0 saturated carbocycles. The molecule has 0 atom stereocenters. The van der Waals surface area contributed by atoms with Gasteiger partial charge in [0, 0.05) is 24.7 Å². The zero-order valence-corrected chi connectivity index (χ0v) is 20.7. The minimum atomic E-state index is -4.29. The molecule has 0 spiro atoms. The topological polar surface area (TPSA) is 114 Å². The van der Waals surface area contributed by atoms with Crippen molar-refractivity contribution in [3.63, 3.8) is 0 Å². The van der Waals surface area contributed by atoms with E-state index in [0.717, 1.165) is 16.0 Å². The Morgan fingerprint density at radius 2 is 1.91 bits per heavy atom. The molecule has 0 fully saturated rings. The van der Waals surface area contributed by atoms with Crippen LogP contribution >= 0.6 is 0 Å². The Hall–Kier alpha value is -3.86. The second-order valence-corrected chi connectivity index (χ2v) is 10.2. The van der Waals surface area contributed by atoms with Crippen LogP contribution in [-0.2, 0) is 23.6 Å². The first-order valence-electron chi connectivity index (χ1n) is 11.2. The lowest BCUT2D eigenvalue weighted by molar-refractivity contribution is 0.317. The third-order valence-corrected chi connectivity index (χ3v) is 7.52. The Morgan fingerprint density at radius 3 is 2.63 bits per heavy atom. The van der Waals surface area contributed by atoms with E-state index >= 15 is 0 Å². The lowest BCUT2D eigenvalue weighted by Gasteiger charge is -2.08. The van der Waals surface area contributed by atoms with Gasteiger partial charge in [-0.25, -0.2) is 9.78 Å². The minimum absolute atomic E-state index is 0.151. The highest BCUT2D eigenvalue weighted by Crippen LogP contribution is 2.27. The van der Waals surface area contributed by atoms with Gasteiger partial charge < -0.3 is 13.8 Å². The van der Waals surface area contributed by atoms with Crippen molar-refractivity contribution in [3.05, 3.63) is 70.2 Å². The molecule has 2 aromatic carbocycles. The third kappa shape index (κ3) is 3.81. The van der Waals surface area contributed by atoms with Gasteiger partial charge in [-0.15, -0.1) is 0 Å². The standard InChI is InChI=1S/C24H25N5O5S/c1-5-9-33-18-8-6-7-17(10-18)13-28-20-11-19-15(2)26-34-22(19)12-21(20)29(24(28)30)35(31,32)23-14-27(4)16(3)25-23/h6-8,10-12,14H,5,9,13H2,1-4H3. The molecular formula is C24H25N5O5S. The van der Waals surface area contributed by atoms with Crippen LogP contribution in [0.5, 0.6) is 5.75 Å². The van der Waals surface area contributed by atoms with E-state index in [4.69, 9.17) is 9.26 Å². The average molecular weight is 496 g/mol. The number of rotatable bonds is 7. The van der Waals surface area contributed by atoms with Crippen LogP contribution in [0.3, 0.4) is 0 Å². The molecule has 0 aliphatic rings. The molecule has 0 amide bonds. The van der Waals surface area contributed by atoms with Crippen molar-refractivity contribution >= 4 is 32.0 Å². The van der Waals surface area contributed by atoms with E-state index in [1.807, 2.05) is 31.2 Å². The van der Waals surface area contributed by atoms with E-state index in [1.54, 1.807) is 31.5 Å². The van der Waals surface area contributed by atoms with E-state index in [9.17, 15) is 13.2 Å². The van der Waals surface area contributed by atoms with Crippen LogP contribution in [0, 0.1) is 13.8 Å². The Labute approximate surface area is 201 Å². The summed E-state index contributed by atoms with van der Waals surface area (Å²) in [6.45, 7) is 6.24. The summed E-state index contributed by atoms with van der Waals surface area (Å²) in [5.41, 5.74) is 1.79. The summed E-state index contributed by atoms with van der Waals surface area (Å²) in [4.78, 5) is 17.8. The van der Waals surface area contributed by atoms with E-state index < -0.39 is 15.7 Å². The highest BCUT2D eigenvalue weighted by Gasteiger charge is 2.29. The van der Waals surface area contributed by atoms with Gasteiger partial charge in [0.25, 0.3) is 10.0 Å². The fourth-order valence-corrected chi connectivity index (χ4v) is 5.48. The average Bonchev–Trinajstić information content (AvgIpc) is 3.45. The largest absolute Gasteiger partial charge is 0.494 e. The molecule has 5 rings (SSSR count). The Kier molecular flexibility index (Phi) is 5.51. The van der Waals surface area contributed by atoms with E-state index in [2.05, 4.69) is 10.1 Å². The lowest BCUT2D eigenvalue weighted by Crippen LogP contribution is -2.30. The summed E-state index contributed by atoms with van der Waals surface area (Å²) in [5, 5.41) is 4.48. The van der Waals surface area contributed by atoms with Crippen molar-refractivity contribution in [1.29, 1.82) is 0 Å². The quantitative estimate of drug-likeness (QED) is 0.340. The normalized spacial score (nSPS) is 12.1. The predicted molar refractivity (Wildman–Crippen MR) is 130 cm³/mol. The minimum Gasteiger partial charge on any atom is -0.494 e. The highest BCUT2D eigenvalue weighted by molar-refractivity contribution is 7.90. The van der Waals surface area contributed by atoms with Gasteiger partial charge in [0.05, 0.1) is 29.9 Å². The number of nitrogens with zero attached hydrogens (tertiary/aromatic N) is 5. The van der Waals surface area contributed by atoms with Crippen LogP contribution in [0.15, 0.2) is 56.9 Å². The number of aromatic nitrogens is 5. The first kappa shape index (κ1) is 22.9. The molecule has 0 unspecified atom stereocenters. The van der Waals surface area contributed by atoms with Crippen LogP contribution in [0.1, 0.15) is 30.4 Å². The van der Waals surface area contributed by atoms with Crippen LogP contribution in [0.2, 0.25) is 0 Å². The fourth-order valence-electron chi connectivity index (χ4n) is 4.04. The van der Waals surface area contributed by atoms with Gasteiger partial charge in [0.1, 0.15) is 11.6 Å². The van der Waals surface area contributed by atoms with E-state index in [0.29, 0.717) is 40.4 Å². The molecule has 0 aliphatic carbocycles. The maximum Gasteiger partial charge on any atom is 0.343 e. The van der Waals surface area contributed by atoms with Gasteiger partial charge in [-0.1, -0.05) is 24.2 Å². The number of benzene rings is 2. The molecule has 3 heterocycles. The molecule has 3 aromatic heterocycles. The highest BCUT2D eigenvalue weighted by atomic mass is 32.2. The molecule has 182 valence electrons. The van der Waals surface area contributed by atoms with Crippen LogP contribution < -0.4 is 10.4 Å². The summed E-state index contributed by atoms with van der Waals surface area (Å²) in [6.07, 6.45) is 2.27. The van der Waals surface area contributed by atoms with Gasteiger partial charge in [0.15, 0.2) is 10.6 Å². The van der Waals surface area contributed by atoms with Gasteiger partial charge in [-0.05, 0) is 44.0 Å². The third-order valence-electron chi connectivity index (χ3n) is 5.96. The second kappa shape index (κ2) is 8.42. The van der Waals surface area contributed by atoms with Gasteiger partial charge in [0.2, 0.25) is 0 Å². The first-order valence-corrected chi connectivity index (χ1v) is 12.6. The van der Waals surface area contributed by atoms with Gasteiger partial charge in [-0.2, -0.15) is 12.4 Å². The summed E-state index contributed by atoms with van der Waals surface area (Å²) >= 11 is 0. The van der Waals surface area contributed by atoms with Crippen molar-refractivity contribution in [2.24, 2.45) is 7.05 Å². The lowest BCUT2D eigenvalue weighted by atomic mass is 10.2. The van der Waals surface area contributed by atoms with E-state index in [1.165, 1.54) is 16.8 Å². The van der Waals surface area contributed by atoms with Crippen LogP contribution in [0.4, 0.5) is 0 Å². The Balaban J connectivity index is 1.74. The molecule has 10 nitrogen and oxygen atoms in total. The van der Waals surface area contributed by atoms with Crippen molar-refractivity contribution in [2.75, 3.05) is 6.61 Å². The summed E-state index contributed by atoms with van der Waals surface area (Å²) in [7, 11) is -2.59. The number of aryl methyl sites for hydroxylation is 3. The summed E-state index contributed by atoms with van der Waals surface area (Å²) in [5.74, 6) is 1.20. The zero-order valence-electron chi connectivity index (χ0n) is 19.8. The predicted octanol–water partition coefficient (Wildman–Crippen LogP) is 3.37. The number of fused-ring (bicyclic) bond motifs is 2. The molecule has 0 saturated heterocycles. The summed E-state index contributed by atoms with van der Waals surface area (Å²) < 4.78 is 42.2. The van der Waals surface area contributed by atoms with Crippen molar-refractivity contribution in [2.45, 2.75) is 38.8 Å². The van der Waals surface area contributed by atoms with E-state index in [-0.39, 0.29) is 17.1 Å². The molecule has 11 heteroatoms. The molecule has 5 aromatic rings. The van der Waals surface area contributed by atoms with Crippen LogP contribution in [0.25, 0.3) is 22.0 Å². The number of imidazole rings is 2. The monoisotopic (exact) mass is 495 g/mol. The Morgan fingerprint density at radius 1 is 1.11 bits per heavy atom. The first-order chi connectivity index (χ1) is 16.7. The maximum absolute atomic E-state index is 13.7. The molecule has 0 N–H and O–H groups in total. The SMILES string of the molecule is CCCOc1cccc(Cn2c(=O)n(S(=O)(=O)c3cn(C)c(C)n3)c3cc4onc(C)c4cc32)c1. The van der Waals surface area contributed by atoms with Crippen molar-refractivity contribution in [1.82, 2.24) is 23.2 Å². The van der Waals surface area contributed by atoms with Gasteiger partial charge >= 0.3 is 5.69 Å². The molecule has 0 aliphatic heterocycles. The number of hydrogen-bond donors (Lipinski definition) is 0. The number of hydrogen-bond acceptors (Lipinski definition) is 7. The van der Waals surface area contributed by atoms with Crippen LogP contribution in [-0.4, -0.2) is 38.3 Å². The number of ether oxygens (including phenoxy) is 1. The molecule has 35 heavy (non-hydrogen) atoms. The molecule has 0 radical (unpaired) electrons. The fraction of sp³-hybridized carbons (Fsp3) is 0.292. The van der Waals surface area contributed by atoms with Gasteiger partial charge in [-0.3, -0.25) is 4.57 Å². The zero-order chi connectivity index (χ0) is 24.9. The maximum atomic E-state index is 13.7.